The second kappa shape index (κ2) is 7.48. The topological polar surface area (TPSA) is 112 Å². The highest BCUT2D eigenvalue weighted by Gasteiger charge is 2.80. The molecule has 7 heteroatoms. The third-order valence-electron chi connectivity index (χ3n) is 9.86. The van der Waals surface area contributed by atoms with Crippen LogP contribution in [0.3, 0.4) is 0 Å². The van der Waals surface area contributed by atoms with E-state index in [1.165, 1.54) is 6.92 Å². The van der Waals surface area contributed by atoms with Crippen molar-refractivity contribution in [2.75, 3.05) is 0 Å². The van der Waals surface area contributed by atoms with Crippen LogP contribution < -0.4 is 5.32 Å². The molecule has 1 spiro atoms. The van der Waals surface area contributed by atoms with Crippen molar-refractivity contribution in [1.82, 2.24) is 5.32 Å². The number of amides is 1. The number of hydrogen-bond donors (Lipinski definition) is 3. The van der Waals surface area contributed by atoms with E-state index < -0.39 is 35.2 Å². The molecule has 6 rings (SSSR count). The zero-order valence-corrected chi connectivity index (χ0v) is 20.7. The number of aliphatic hydroxyl groups is 2. The fourth-order valence-electron chi connectivity index (χ4n) is 7.74. The number of aliphatic hydroxyl groups excluding tert-OH is 1. The quantitative estimate of drug-likeness (QED) is 0.439. The molecule has 2 aliphatic carbocycles. The number of fused-ring (bicyclic) bond motifs is 3. The smallest absolute Gasteiger partial charge is 0.230 e. The molecular weight excluding hydrogens is 446 g/mol. The summed E-state index contributed by atoms with van der Waals surface area (Å²) in [5.74, 6) is -1.48. The van der Waals surface area contributed by atoms with E-state index in [4.69, 9.17) is 9.47 Å². The van der Waals surface area contributed by atoms with Crippen LogP contribution in [-0.4, -0.2) is 63.6 Å². The number of hydrogen-bond acceptors (Lipinski definition) is 6. The van der Waals surface area contributed by atoms with Gasteiger partial charge in [-0.2, -0.15) is 0 Å². The summed E-state index contributed by atoms with van der Waals surface area (Å²) >= 11 is 0. The molecular formula is C28H35NO6. The van der Waals surface area contributed by atoms with Gasteiger partial charge in [0.1, 0.15) is 17.8 Å². The van der Waals surface area contributed by atoms with Crippen LogP contribution in [0.1, 0.15) is 39.7 Å². The zero-order valence-electron chi connectivity index (χ0n) is 20.7. The van der Waals surface area contributed by atoms with Gasteiger partial charge in [-0.15, -0.1) is 0 Å². The lowest BCUT2D eigenvalue weighted by Gasteiger charge is -2.49. The Morgan fingerprint density at radius 3 is 2.54 bits per heavy atom. The van der Waals surface area contributed by atoms with E-state index >= 15 is 0 Å². The van der Waals surface area contributed by atoms with E-state index in [0.29, 0.717) is 12.8 Å². The van der Waals surface area contributed by atoms with Gasteiger partial charge in [0.25, 0.3) is 0 Å². The van der Waals surface area contributed by atoms with Gasteiger partial charge in [0.15, 0.2) is 5.78 Å². The van der Waals surface area contributed by atoms with Gasteiger partial charge in [0.2, 0.25) is 5.91 Å². The molecule has 4 fully saturated rings. The Morgan fingerprint density at radius 2 is 1.83 bits per heavy atom. The van der Waals surface area contributed by atoms with Crippen LogP contribution in [0.4, 0.5) is 0 Å². The lowest BCUT2D eigenvalue weighted by atomic mass is 9.50. The minimum absolute atomic E-state index is 0.00264. The SMILES string of the molecule is C[C@H]1C/C=C/[C@H]2[C@@H]3O[C@]3(C)[C@@H](C)C3[C@H](Cc4ccccc4)NC(=O)[C@]32[C@H](O)[C@H]2O[C@H]2[C@@](C)(O)C1=O. The van der Waals surface area contributed by atoms with E-state index in [9.17, 15) is 19.8 Å². The zero-order chi connectivity index (χ0) is 24.9. The van der Waals surface area contributed by atoms with Crippen molar-refractivity contribution in [2.45, 2.75) is 82.2 Å². The Kier molecular flexibility index (Phi) is 4.99. The monoisotopic (exact) mass is 481 g/mol. The van der Waals surface area contributed by atoms with Crippen LogP contribution in [0.25, 0.3) is 0 Å². The fourth-order valence-corrected chi connectivity index (χ4v) is 7.74. The van der Waals surface area contributed by atoms with Crippen molar-refractivity contribution in [1.29, 1.82) is 0 Å². The Bertz CT molecular complexity index is 1090. The molecule has 1 aromatic carbocycles. The van der Waals surface area contributed by atoms with E-state index in [0.717, 1.165) is 5.56 Å². The van der Waals surface area contributed by atoms with Crippen molar-refractivity contribution in [3.63, 3.8) is 0 Å². The predicted octanol–water partition coefficient (Wildman–Crippen LogP) is 1.80. The Labute approximate surface area is 205 Å². The van der Waals surface area contributed by atoms with E-state index in [1.807, 2.05) is 30.4 Å². The van der Waals surface area contributed by atoms with Crippen LogP contribution in [-0.2, 0) is 25.5 Å². The first kappa shape index (κ1) is 23.3. The summed E-state index contributed by atoms with van der Waals surface area (Å²) in [6, 6.07) is 9.87. The second-order valence-corrected chi connectivity index (χ2v) is 11.8. The molecule has 1 unspecified atom stereocenters. The molecule has 3 saturated heterocycles. The van der Waals surface area contributed by atoms with E-state index in [1.54, 1.807) is 6.92 Å². The van der Waals surface area contributed by atoms with Crippen molar-refractivity contribution in [3.05, 3.63) is 48.0 Å². The summed E-state index contributed by atoms with van der Waals surface area (Å²) in [5.41, 5.74) is -2.18. The molecule has 3 aliphatic heterocycles. The maximum Gasteiger partial charge on any atom is 0.230 e. The third-order valence-corrected chi connectivity index (χ3v) is 9.86. The summed E-state index contributed by atoms with van der Waals surface area (Å²) in [6.07, 6.45) is 1.98. The van der Waals surface area contributed by atoms with Crippen LogP contribution in [0, 0.1) is 29.1 Å². The number of epoxide rings is 2. The number of benzene rings is 1. The molecule has 1 aromatic rings. The lowest BCUT2D eigenvalue weighted by molar-refractivity contribution is -0.148. The molecule has 0 bridgehead atoms. The Morgan fingerprint density at radius 1 is 1.11 bits per heavy atom. The van der Waals surface area contributed by atoms with Crippen LogP contribution in [0.2, 0.25) is 0 Å². The number of carbonyl (C=O) groups excluding carboxylic acids is 2. The molecule has 1 amide bonds. The molecule has 1 saturated carbocycles. The van der Waals surface area contributed by atoms with Gasteiger partial charge in [-0.05, 0) is 38.2 Å². The first-order valence-electron chi connectivity index (χ1n) is 12.8. The number of allylic oxidation sites excluding steroid dienone is 1. The number of rotatable bonds is 2. The van der Waals surface area contributed by atoms with Crippen LogP contribution in [0.5, 0.6) is 0 Å². The number of ether oxygens (including phenoxy) is 2. The standard InChI is InChI=1S/C28H35NO6/c1-14-9-8-12-17-23-27(4,35-23)15(2)19-18(13-16-10-6-5-7-11-16)29-25(32)28(17,19)22(31)20-24(34-20)26(3,33)21(14)30/h5-8,10-12,14-15,17-20,22-24,31,33H,9,13H2,1-4H3,(H,29,32)/b12-8+/t14-,15-,17-,18-,19?,20+,22+,23-,24+,26-,27+,28-/m0/s1. The van der Waals surface area contributed by atoms with Gasteiger partial charge in [-0.1, -0.05) is 56.3 Å². The van der Waals surface area contributed by atoms with Crippen molar-refractivity contribution < 1.29 is 29.3 Å². The number of carbonyl (C=O) groups is 2. The first-order valence-corrected chi connectivity index (χ1v) is 12.8. The first-order chi connectivity index (χ1) is 16.5. The maximum atomic E-state index is 14.0. The van der Waals surface area contributed by atoms with Gasteiger partial charge in [-0.25, -0.2) is 0 Å². The highest BCUT2D eigenvalue weighted by atomic mass is 16.6. The Hall–Kier alpha value is -2.06. The summed E-state index contributed by atoms with van der Waals surface area (Å²) < 4.78 is 12.1. The summed E-state index contributed by atoms with van der Waals surface area (Å²) in [4.78, 5) is 27.1. The van der Waals surface area contributed by atoms with E-state index in [2.05, 4.69) is 31.3 Å². The molecule has 5 aliphatic rings. The third kappa shape index (κ3) is 3.05. The average Bonchev–Trinajstić information content (AvgIpc) is 3.73. The molecule has 3 N–H and O–H groups in total. The van der Waals surface area contributed by atoms with Gasteiger partial charge in [0, 0.05) is 23.8 Å². The largest absolute Gasteiger partial charge is 0.389 e. The number of ketones is 1. The summed E-state index contributed by atoms with van der Waals surface area (Å²) in [5, 5.41) is 26.3. The number of Topliss-reactive ketones (excluding diaryl/α,β-unsaturated/α-hetero) is 1. The Balaban J connectivity index is 1.47. The van der Waals surface area contributed by atoms with Crippen molar-refractivity contribution >= 4 is 11.7 Å². The van der Waals surface area contributed by atoms with Gasteiger partial charge in [0.05, 0.1) is 23.2 Å². The molecule has 0 aromatic heterocycles. The summed E-state index contributed by atoms with van der Waals surface area (Å²) in [7, 11) is 0. The molecule has 3 heterocycles. The minimum atomic E-state index is -1.73. The number of nitrogens with one attached hydrogen (secondary N) is 1. The van der Waals surface area contributed by atoms with Crippen LogP contribution in [0.15, 0.2) is 42.5 Å². The molecule has 12 atom stereocenters. The second-order valence-electron chi connectivity index (χ2n) is 11.8. The molecule has 188 valence electrons. The van der Waals surface area contributed by atoms with Gasteiger partial charge in [-0.3, -0.25) is 9.59 Å². The maximum absolute atomic E-state index is 14.0. The predicted molar refractivity (Wildman–Crippen MR) is 127 cm³/mol. The van der Waals surface area contributed by atoms with Gasteiger partial charge < -0.3 is 25.0 Å². The average molecular weight is 482 g/mol. The minimum Gasteiger partial charge on any atom is -0.389 e. The fraction of sp³-hybridized carbons (Fsp3) is 0.643. The van der Waals surface area contributed by atoms with Crippen molar-refractivity contribution in [3.8, 4) is 0 Å². The normalized spacial score (nSPS) is 53.3. The van der Waals surface area contributed by atoms with E-state index in [-0.39, 0.29) is 47.2 Å². The lowest BCUT2D eigenvalue weighted by Crippen LogP contribution is -2.61. The highest BCUT2D eigenvalue weighted by molar-refractivity contribution is 5.91. The van der Waals surface area contributed by atoms with Gasteiger partial charge >= 0.3 is 0 Å². The highest BCUT2D eigenvalue weighted by Crippen LogP contribution is 2.68. The summed E-state index contributed by atoms with van der Waals surface area (Å²) in [6.45, 7) is 7.49. The molecule has 7 nitrogen and oxygen atoms in total. The van der Waals surface area contributed by atoms with Crippen LogP contribution >= 0.6 is 0 Å². The molecule has 0 radical (unpaired) electrons. The van der Waals surface area contributed by atoms with Crippen molar-refractivity contribution in [2.24, 2.45) is 29.1 Å². The molecule has 35 heavy (non-hydrogen) atoms.